The molecule has 1 saturated heterocycles. The van der Waals surface area contributed by atoms with Crippen LogP contribution in [0.5, 0.6) is 0 Å². The number of likely N-dealkylation sites (tertiary alicyclic amines) is 1. The van der Waals surface area contributed by atoms with Gasteiger partial charge in [-0.05, 0) is 39.9 Å². The third kappa shape index (κ3) is 5.94. The van der Waals surface area contributed by atoms with E-state index in [1.807, 2.05) is 109 Å². The molecule has 1 aliphatic rings. The van der Waals surface area contributed by atoms with Gasteiger partial charge >= 0.3 is 5.97 Å². The summed E-state index contributed by atoms with van der Waals surface area (Å²) in [6.07, 6.45) is 2.99. The number of carbonyl (C=O) groups is 2. The van der Waals surface area contributed by atoms with Crippen molar-refractivity contribution in [3.05, 3.63) is 175 Å². The second-order valence-corrected chi connectivity index (χ2v) is 14.5. The second-order valence-electron chi connectivity index (χ2n) is 11.2. The van der Waals surface area contributed by atoms with Gasteiger partial charge < -0.3 is 9.64 Å². The Bertz CT molecular complexity index is 1700. The van der Waals surface area contributed by atoms with Gasteiger partial charge in [0.15, 0.2) is 0 Å². The van der Waals surface area contributed by atoms with Crippen molar-refractivity contribution in [3.63, 3.8) is 0 Å². The number of β-lactam (4-membered cyclic amide) rings is 1. The molecule has 45 heavy (non-hydrogen) atoms. The largest absolute Gasteiger partial charge is 0.456 e. The summed E-state index contributed by atoms with van der Waals surface area (Å²) in [6, 6.07) is 49.9. The van der Waals surface area contributed by atoms with Gasteiger partial charge in [-0.3, -0.25) is 4.79 Å². The Morgan fingerprint density at radius 3 is 1.53 bits per heavy atom. The molecule has 0 saturated carbocycles. The Balaban J connectivity index is 1.63. The second kappa shape index (κ2) is 13.8. The molecule has 1 amide bonds. The number of carbonyl (C=O) groups excluding carboxylic acids is 2. The number of hydrogen-bond donors (Lipinski definition) is 0. The first kappa shape index (κ1) is 30.1. The molecule has 0 aromatic heterocycles. The van der Waals surface area contributed by atoms with Crippen LogP contribution in [0.4, 0.5) is 0 Å². The first-order chi connectivity index (χ1) is 22.1. The normalized spacial score (nSPS) is 16.0. The minimum Gasteiger partial charge on any atom is -0.456 e. The number of esters is 1. The summed E-state index contributed by atoms with van der Waals surface area (Å²) >= 11 is 0. The first-order valence-electron chi connectivity index (χ1n) is 15.3. The number of benzene rings is 5. The maximum Gasteiger partial charge on any atom is 0.356 e. The summed E-state index contributed by atoms with van der Waals surface area (Å²) in [7, 11) is 0. The number of hydrogen-bond acceptors (Lipinski definition) is 3. The highest BCUT2D eigenvalue weighted by Gasteiger charge is 2.52. The van der Waals surface area contributed by atoms with Crippen molar-refractivity contribution in [2.75, 3.05) is 0 Å². The van der Waals surface area contributed by atoms with E-state index >= 15 is 0 Å². The van der Waals surface area contributed by atoms with Gasteiger partial charge in [-0.1, -0.05) is 158 Å². The maximum absolute atomic E-state index is 14.8. The zero-order chi connectivity index (χ0) is 31.1. The summed E-state index contributed by atoms with van der Waals surface area (Å²) in [6.45, 7) is 1.19. The van der Waals surface area contributed by atoms with Crippen molar-refractivity contribution in [2.45, 2.75) is 25.5 Å². The van der Waals surface area contributed by atoms with Crippen LogP contribution in [0.15, 0.2) is 164 Å². The quantitative estimate of drug-likeness (QED) is 0.0744. The molecule has 224 valence electrons. The molecule has 1 aliphatic heterocycles. The molecule has 0 spiro atoms. The molecule has 1 heterocycles. The Hall–Kier alpha value is -4.92. The fourth-order valence-electron chi connectivity index (χ4n) is 6.35. The van der Waals surface area contributed by atoms with E-state index in [0.29, 0.717) is 18.3 Å². The van der Waals surface area contributed by atoms with Gasteiger partial charge in [-0.2, -0.15) is 0 Å². The minimum absolute atomic E-state index is 0.0652. The van der Waals surface area contributed by atoms with E-state index in [2.05, 4.69) is 55.1 Å². The van der Waals surface area contributed by atoms with Crippen LogP contribution in [0, 0.1) is 5.92 Å². The zero-order valence-electron chi connectivity index (χ0n) is 25.1. The molecule has 2 unspecified atom stereocenters. The standard InChI is InChI=1S/C40H36NO3P/c1-2-18-37-36(29-31-19-8-3-9-20-31)38(42)41(37)39(40(43)44-30-32-21-10-4-11-22-32)45(33-23-12-5-13-24-33,34-25-14-6-15-26-34)35-27-16-7-17-28-35/h2-17,19-28,36-37H,1,18,29-30H2. The number of rotatable bonds is 11. The lowest BCUT2D eigenvalue weighted by Crippen LogP contribution is -2.66. The highest BCUT2D eigenvalue weighted by molar-refractivity contribution is 7.96. The van der Waals surface area contributed by atoms with Gasteiger partial charge in [0, 0.05) is 6.89 Å². The molecule has 6 rings (SSSR count). The van der Waals surface area contributed by atoms with Crippen LogP contribution >= 0.6 is 6.89 Å². The summed E-state index contributed by atoms with van der Waals surface area (Å²) in [4.78, 5) is 31.1. The summed E-state index contributed by atoms with van der Waals surface area (Å²) in [5, 5.41) is 2.93. The van der Waals surface area contributed by atoms with Crippen molar-refractivity contribution >= 4 is 40.1 Å². The Kier molecular flexibility index (Phi) is 9.24. The van der Waals surface area contributed by atoms with E-state index in [9.17, 15) is 9.59 Å². The molecule has 1 fully saturated rings. The fourth-order valence-corrected chi connectivity index (χ4v) is 10.7. The lowest BCUT2D eigenvalue weighted by molar-refractivity contribution is -0.151. The minimum atomic E-state index is -2.96. The lowest BCUT2D eigenvalue weighted by atomic mass is 9.80. The summed E-state index contributed by atoms with van der Waals surface area (Å²) in [5.74, 6) is -0.833. The Morgan fingerprint density at radius 2 is 1.09 bits per heavy atom. The van der Waals surface area contributed by atoms with Crippen molar-refractivity contribution < 1.29 is 14.3 Å². The van der Waals surface area contributed by atoms with Gasteiger partial charge in [0.25, 0.3) is 0 Å². The predicted octanol–water partition coefficient (Wildman–Crippen LogP) is 6.50. The lowest BCUT2D eigenvalue weighted by Gasteiger charge is -2.50. The third-order valence-corrected chi connectivity index (χ3v) is 12.7. The molecule has 0 aliphatic carbocycles. The smallest absolute Gasteiger partial charge is 0.356 e. The average Bonchev–Trinajstić information content (AvgIpc) is 3.11. The number of ether oxygens (including phenoxy) is 1. The van der Waals surface area contributed by atoms with Crippen LogP contribution in [0.1, 0.15) is 17.5 Å². The summed E-state index contributed by atoms with van der Waals surface area (Å²) < 4.78 is 6.18. The van der Waals surface area contributed by atoms with Crippen molar-refractivity contribution in [2.24, 2.45) is 5.92 Å². The van der Waals surface area contributed by atoms with E-state index in [1.165, 1.54) is 0 Å². The predicted molar refractivity (Wildman–Crippen MR) is 185 cm³/mol. The van der Waals surface area contributed by atoms with Gasteiger partial charge in [0.1, 0.15) is 12.0 Å². The van der Waals surface area contributed by atoms with Crippen LogP contribution in [-0.2, 0) is 27.4 Å². The van der Waals surface area contributed by atoms with Gasteiger partial charge in [-0.15, -0.1) is 6.58 Å². The molecule has 0 bridgehead atoms. The van der Waals surface area contributed by atoms with Gasteiger partial charge in [-0.25, -0.2) is 4.79 Å². The molecule has 0 radical (unpaired) electrons. The number of nitrogens with zero attached hydrogens (tertiary/aromatic N) is 1. The van der Waals surface area contributed by atoms with Crippen LogP contribution < -0.4 is 15.9 Å². The van der Waals surface area contributed by atoms with Crippen LogP contribution in [-0.4, -0.2) is 28.2 Å². The molecular formula is C40H36NO3P. The molecule has 5 aromatic carbocycles. The van der Waals surface area contributed by atoms with E-state index in [4.69, 9.17) is 4.74 Å². The van der Waals surface area contributed by atoms with Crippen LogP contribution in [0.3, 0.4) is 0 Å². The fraction of sp³-hybridized carbons (Fsp3) is 0.125. The van der Waals surface area contributed by atoms with E-state index in [1.54, 1.807) is 4.90 Å². The molecule has 5 aromatic rings. The van der Waals surface area contributed by atoms with E-state index < -0.39 is 12.9 Å². The molecule has 2 atom stereocenters. The molecule has 0 N–H and O–H groups in total. The average molecular weight is 610 g/mol. The van der Waals surface area contributed by atoms with Crippen LogP contribution in [0.25, 0.3) is 0 Å². The van der Waals surface area contributed by atoms with Crippen LogP contribution in [0.2, 0.25) is 0 Å². The Morgan fingerprint density at radius 1 is 0.667 bits per heavy atom. The highest BCUT2D eigenvalue weighted by Crippen LogP contribution is 2.50. The topological polar surface area (TPSA) is 46.6 Å². The zero-order valence-corrected chi connectivity index (χ0v) is 26.0. The molecule has 5 heteroatoms. The number of amides is 1. The van der Waals surface area contributed by atoms with Crippen molar-refractivity contribution in [3.8, 4) is 0 Å². The summed E-state index contributed by atoms with van der Waals surface area (Å²) in [5.41, 5.74) is 2.38. The van der Waals surface area contributed by atoms with Crippen molar-refractivity contribution in [1.29, 1.82) is 0 Å². The maximum atomic E-state index is 14.8. The monoisotopic (exact) mass is 609 g/mol. The third-order valence-electron chi connectivity index (χ3n) is 8.43. The highest BCUT2D eigenvalue weighted by atomic mass is 31.2. The van der Waals surface area contributed by atoms with E-state index in [0.717, 1.165) is 27.0 Å². The first-order valence-corrected chi connectivity index (χ1v) is 17.1. The van der Waals surface area contributed by atoms with Crippen molar-refractivity contribution in [1.82, 2.24) is 4.90 Å². The van der Waals surface area contributed by atoms with Gasteiger partial charge in [0.05, 0.1) is 12.0 Å². The molecule has 4 nitrogen and oxygen atoms in total. The van der Waals surface area contributed by atoms with E-state index in [-0.39, 0.29) is 24.5 Å². The Labute approximate surface area is 265 Å². The van der Waals surface area contributed by atoms with Gasteiger partial charge in [0.2, 0.25) is 5.91 Å². The molecular weight excluding hydrogens is 573 g/mol. The SMILES string of the molecule is C=CCC1C(Cc2ccccc2)C(=O)N1C(C(=O)OCc1ccccc1)=P(c1ccccc1)(c1ccccc1)c1ccccc1.